The van der Waals surface area contributed by atoms with Crippen molar-refractivity contribution in [1.82, 2.24) is 4.90 Å². The van der Waals surface area contributed by atoms with Gasteiger partial charge in [-0.2, -0.15) is 0 Å². The minimum atomic E-state index is -0.454. The molecule has 3 aromatic carbocycles. The number of aromatic hydroxyl groups is 2. The lowest BCUT2D eigenvalue weighted by atomic mass is 9.95. The van der Waals surface area contributed by atoms with E-state index < -0.39 is 5.43 Å². The molecule has 7 heteroatoms. The van der Waals surface area contributed by atoms with Crippen molar-refractivity contribution in [1.29, 1.82) is 0 Å². The molecule has 4 rings (SSSR count). The quantitative estimate of drug-likeness (QED) is 0.564. The standard InChI is InChI=1S/C27H29NO6/c1-28(15-17-7-5-6-8-21(17)29)20-11-9-16-13-24(32-2)26(33-3)27(34-4)25(16)18-10-12-22(30)23(31)14-19(18)20/h5-8,10,12-14,20,29H,9,11,15H2,1-4H3,(H,30,31). The van der Waals surface area contributed by atoms with Crippen LogP contribution in [-0.4, -0.2) is 43.5 Å². The van der Waals surface area contributed by atoms with Gasteiger partial charge >= 0.3 is 0 Å². The summed E-state index contributed by atoms with van der Waals surface area (Å²) in [4.78, 5) is 14.8. The van der Waals surface area contributed by atoms with E-state index >= 15 is 0 Å². The lowest BCUT2D eigenvalue weighted by Crippen LogP contribution is -2.25. The zero-order valence-corrected chi connectivity index (χ0v) is 19.8. The van der Waals surface area contributed by atoms with E-state index in [1.54, 1.807) is 39.5 Å². The second-order valence-corrected chi connectivity index (χ2v) is 8.37. The first kappa shape index (κ1) is 23.4. The fourth-order valence-corrected chi connectivity index (χ4v) is 4.77. The number of hydrogen-bond donors (Lipinski definition) is 2. The molecule has 2 N–H and O–H groups in total. The third-order valence-corrected chi connectivity index (χ3v) is 6.43. The van der Waals surface area contributed by atoms with Crippen LogP contribution in [0.5, 0.6) is 28.7 Å². The topological polar surface area (TPSA) is 88.5 Å². The molecule has 0 aromatic heterocycles. The van der Waals surface area contributed by atoms with E-state index in [-0.39, 0.29) is 17.5 Å². The number of phenolic OH excluding ortho intramolecular Hbond substituents is 1. The Kier molecular flexibility index (Phi) is 6.65. The number of methoxy groups -OCH3 is 3. The molecule has 0 saturated carbocycles. The van der Waals surface area contributed by atoms with Crippen molar-refractivity contribution in [2.75, 3.05) is 28.4 Å². The van der Waals surface area contributed by atoms with Crippen molar-refractivity contribution in [3.05, 3.63) is 75.4 Å². The normalized spacial score (nSPS) is 14.7. The summed E-state index contributed by atoms with van der Waals surface area (Å²) in [7, 11) is 6.68. The minimum Gasteiger partial charge on any atom is -0.508 e. The van der Waals surface area contributed by atoms with Gasteiger partial charge in [-0.3, -0.25) is 9.69 Å². The Morgan fingerprint density at radius 1 is 0.941 bits per heavy atom. The predicted molar refractivity (Wildman–Crippen MR) is 130 cm³/mol. The average molecular weight is 464 g/mol. The Morgan fingerprint density at radius 2 is 1.68 bits per heavy atom. The minimum absolute atomic E-state index is 0.164. The maximum absolute atomic E-state index is 12.7. The number of para-hydroxylation sites is 1. The van der Waals surface area contributed by atoms with Gasteiger partial charge in [-0.05, 0) is 60.8 Å². The summed E-state index contributed by atoms with van der Waals surface area (Å²) in [6, 6.07) is 13.7. The molecule has 178 valence electrons. The maximum Gasteiger partial charge on any atom is 0.220 e. The molecule has 3 aromatic rings. The van der Waals surface area contributed by atoms with Crippen LogP contribution in [0.2, 0.25) is 0 Å². The number of aryl methyl sites for hydroxylation is 1. The summed E-state index contributed by atoms with van der Waals surface area (Å²) in [6.07, 6.45) is 1.40. The predicted octanol–water partition coefficient (Wildman–Crippen LogP) is 4.27. The lowest BCUT2D eigenvalue weighted by molar-refractivity contribution is 0.223. The highest BCUT2D eigenvalue weighted by atomic mass is 16.5. The Hall–Kier alpha value is -3.71. The van der Waals surface area contributed by atoms with Gasteiger partial charge in [0.1, 0.15) is 5.75 Å². The van der Waals surface area contributed by atoms with Crippen molar-refractivity contribution < 1.29 is 24.4 Å². The highest BCUT2D eigenvalue weighted by molar-refractivity contribution is 5.82. The largest absolute Gasteiger partial charge is 0.508 e. The molecular weight excluding hydrogens is 434 g/mol. The molecule has 0 amide bonds. The van der Waals surface area contributed by atoms with E-state index in [0.717, 1.165) is 27.8 Å². The highest BCUT2D eigenvalue weighted by Gasteiger charge is 2.30. The Bertz CT molecular complexity index is 1270. The molecule has 7 nitrogen and oxygen atoms in total. The van der Waals surface area contributed by atoms with Crippen molar-refractivity contribution >= 4 is 0 Å². The van der Waals surface area contributed by atoms with Crippen molar-refractivity contribution in [2.24, 2.45) is 0 Å². The monoisotopic (exact) mass is 463 g/mol. The van der Waals surface area contributed by atoms with E-state index in [1.807, 2.05) is 25.2 Å². The molecule has 1 aliphatic rings. The van der Waals surface area contributed by atoms with Gasteiger partial charge < -0.3 is 24.4 Å². The van der Waals surface area contributed by atoms with Crippen LogP contribution in [0.25, 0.3) is 11.1 Å². The summed E-state index contributed by atoms with van der Waals surface area (Å²) in [5.74, 6) is 1.45. The number of benzene rings is 2. The Balaban J connectivity index is 1.94. The molecule has 34 heavy (non-hydrogen) atoms. The second-order valence-electron chi connectivity index (χ2n) is 8.37. The summed E-state index contributed by atoms with van der Waals surface area (Å²) >= 11 is 0. The molecule has 0 saturated heterocycles. The molecule has 0 aliphatic heterocycles. The smallest absolute Gasteiger partial charge is 0.220 e. The molecule has 0 fully saturated rings. The molecule has 1 unspecified atom stereocenters. The third-order valence-electron chi connectivity index (χ3n) is 6.43. The lowest BCUT2D eigenvalue weighted by Gasteiger charge is -2.28. The molecule has 1 aliphatic carbocycles. The molecule has 0 radical (unpaired) electrons. The van der Waals surface area contributed by atoms with Crippen molar-refractivity contribution in [3.63, 3.8) is 0 Å². The maximum atomic E-state index is 12.7. The summed E-state index contributed by atoms with van der Waals surface area (Å²) in [5, 5.41) is 20.5. The molecule has 0 bridgehead atoms. The molecule has 1 atom stereocenters. The van der Waals surface area contributed by atoms with Gasteiger partial charge in [0.2, 0.25) is 11.2 Å². The average Bonchev–Trinajstić information content (AvgIpc) is 3.07. The Morgan fingerprint density at radius 3 is 2.35 bits per heavy atom. The van der Waals surface area contributed by atoms with E-state index in [1.165, 1.54) is 12.1 Å². The van der Waals surface area contributed by atoms with Crippen molar-refractivity contribution in [2.45, 2.75) is 25.4 Å². The first-order chi connectivity index (χ1) is 16.4. The molecule has 0 heterocycles. The summed E-state index contributed by atoms with van der Waals surface area (Å²) < 4.78 is 17.0. The van der Waals surface area contributed by atoms with Gasteiger partial charge in [0.15, 0.2) is 17.2 Å². The van der Waals surface area contributed by atoms with Crippen molar-refractivity contribution in [3.8, 4) is 39.9 Å². The number of hydrogen-bond acceptors (Lipinski definition) is 7. The summed E-state index contributed by atoms with van der Waals surface area (Å²) in [6.45, 7) is 0.482. The molecular formula is C27H29NO6. The van der Waals surface area contributed by atoms with Crippen LogP contribution in [0, 0.1) is 0 Å². The van der Waals surface area contributed by atoms with Gasteiger partial charge in [0.05, 0.1) is 21.3 Å². The van der Waals surface area contributed by atoms with Crippen LogP contribution >= 0.6 is 0 Å². The fraction of sp³-hybridized carbons (Fsp3) is 0.296. The Labute approximate surface area is 198 Å². The first-order valence-corrected chi connectivity index (χ1v) is 11.1. The van der Waals surface area contributed by atoms with E-state index in [9.17, 15) is 15.0 Å². The van der Waals surface area contributed by atoms with E-state index in [0.29, 0.717) is 36.6 Å². The first-order valence-electron chi connectivity index (χ1n) is 11.1. The number of ether oxygens (including phenoxy) is 3. The number of fused-ring (bicyclic) bond motifs is 3. The van der Waals surface area contributed by atoms with Gasteiger partial charge in [-0.15, -0.1) is 0 Å². The van der Waals surface area contributed by atoms with Gasteiger partial charge in [0, 0.05) is 23.7 Å². The van der Waals surface area contributed by atoms with Gasteiger partial charge in [-0.25, -0.2) is 0 Å². The van der Waals surface area contributed by atoms with E-state index in [4.69, 9.17) is 14.2 Å². The van der Waals surface area contributed by atoms with Crippen LogP contribution in [0.4, 0.5) is 0 Å². The highest BCUT2D eigenvalue weighted by Crippen LogP contribution is 2.51. The number of phenols is 1. The number of nitrogens with zero attached hydrogens (tertiary/aromatic N) is 1. The van der Waals surface area contributed by atoms with Crippen LogP contribution in [0.3, 0.4) is 0 Å². The SMILES string of the molecule is COc1cc2c(c(OC)c1OC)-c1ccc(O)c(=O)cc1C(N(C)Cc1ccccc1O)CC2. The van der Waals surface area contributed by atoms with Crippen LogP contribution < -0.4 is 19.6 Å². The molecule has 0 spiro atoms. The van der Waals surface area contributed by atoms with E-state index in [2.05, 4.69) is 4.90 Å². The third kappa shape index (κ3) is 4.15. The summed E-state index contributed by atoms with van der Waals surface area (Å²) in [5.41, 5.74) is 3.69. The van der Waals surface area contributed by atoms with Gasteiger partial charge in [0.25, 0.3) is 0 Å². The zero-order valence-electron chi connectivity index (χ0n) is 19.8. The van der Waals surface area contributed by atoms with Crippen LogP contribution in [0.1, 0.15) is 29.2 Å². The van der Waals surface area contributed by atoms with Gasteiger partial charge in [-0.1, -0.05) is 24.3 Å². The fourth-order valence-electron chi connectivity index (χ4n) is 4.77. The van der Waals surface area contributed by atoms with Crippen LogP contribution in [0.15, 0.2) is 53.3 Å². The zero-order chi connectivity index (χ0) is 24.4. The second kappa shape index (κ2) is 9.65. The van der Waals surface area contributed by atoms with Crippen LogP contribution in [-0.2, 0) is 13.0 Å². The number of rotatable bonds is 6.